The van der Waals surface area contributed by atoms with Gasteiger partial charge in [-0.2, -0.15) is 0 Å². The Labute approximate surface area is 54.5 Å². The molecule has 0 bridgehead atoms. The van der Waals surface area contributed by atoms with E-state index in [2.05, 4.69) is 4.99 Å². The molecule has 0 aromatic rings. The average molecular weight is 131 g/mol. The second-order valence-corrected chi connectivity index (χ2v) is 1.87. The number of aliphatic imine (C=N–C) groups is 1. The fourth-order valence-corrected chi connectivity index (χ4v) is 0.268. The molecule has 0 saturated carbocycles. The van der Waals surface area contributed by atoms with Gasteiger partial charge in [-0.15, -0.1) is 0 Å². The van der Waals surface area contributed by atoms with Gasteiger partial charge in [0.2, 0.25) is 0 Å². The molecule has 0 amide bonds. The Morgan fingerprint density at radius 1 is 1.44 bits per heavy atom. The normalized spacial score (nSPS) is 12.3. The molecule has 6 N–H and O–H groups in total. The Kier molecular flexibility index (Phi) is 2.97. The molecule has 0 aliphatic carbocycles. The van der Waals surface area contributed by atoms with Gasteiger partial charge in [-0.3, -0.25) is 11.5 Å². The lowest BCUT2D eigenvalue weighted by Crippen LogP contribution is -2.37. The molecule has 0 spiro atoms. The van der Waals surface area contributed by atoms with Crippen LogP contribution in [-0.4, -0.2) is 31.2 Å². The van der Waals surface area contributed by atoms with Gasteiger partial charge >= 0.3 is 0 Å². The van der Waals surface area contributed by atoms with Crippen LogP contribution in [0.25, 0.3) is 0 Å². The van der Waals surface area contributed by atoms with Gasteiger partial charge in [0.05, 0.1) is 0 Å². The van der Waals surface area contributed by atoms with Crippen LogP contribution in [0, 0.1) is 0 Å². The van der Waals surface area contributed by atoms with Crippen molar-refractivity contribution in [3.63, 3.8) is 0 Å². The Bertz CT molecular complexity index is 106. The van der Waals surface area contributed by atoms with E-state index < -0.39 is 6.29 Å². The molecule has 0 aromatic carbocycles. The lowest BCUT2D eigenvalue weighted by molar-refractivity contribution is 0.596. The highest BCUT2D eigenvalue weighted by atomic mass is 15.2. The topological polar surface area (TPSA) is 93.7 Å². The number of rotatable bonds is 1. The molecular formula is C4H13N5. The summed E-state index contributed by atoms with van der Waals surface area (Å²) >= 11 is 0. The van der Waals surface area contributed by atoms with Gasteiger partial charge in [-0.05, 0) is 0 Å². The van der Waals surface area contributed by atoms with Crippen LogP contribution in [0.3, 0.4) is 0 Å². The quantitative estimate of drug-likeness (QED) is 0.219. The molecule has 5 nitrogen and oxygen atoms in total. The predicted octanol–water partition coefficient (Wildman–Crippen LogP) is -1.94. The molecule has 0 saturated heterocycles. The molecule has 9 heavy (non-hydrogen) atoms. The highest BCUT2D eigenvalue weighted by Gasteiger charge is 1.93. The van der Waals surface area contributed by atoms with Crippen LogP contribution in [0.1, 0.15) is 0 Å². The number of hydrogen-bond acceptors (Lipinski definition) is 3. The average Bonchev–Trinajstić information content (AvgIpc) is 1.63. The van der Waals surface area contributed by atoms with Crippen molar-refractivity contribution in [1.29, 1.82) is 0 Å². The highest BCUT2D eigenvalue weighted by molar-refractivity contribution is 5.77. The summed E-state index contributed by atoms with van der Waals surface area (Å²) in [5, 5.41) is 0. The summed E-state index contributed by atoms with van der Waals surface area (Å²) in [4.78, 5) is 5.28. The second kappa shape index (κ2) is 3.26. The number of guanidine groups is 1. The number of hydrogen-bond donors (Lipinski definition) is 3. The molecule has 0 radical (unpaired) electrons. The summed E-state index contributed by atoms with van der Waals surface area (Å²) in [7, 11) is 3.53. The zero-order chi connectivity index (χ0) is 7.44. The smallest absolute Gasteiger partial charge is 0.193 e. The van der Waals surface area contributed by atoms with Crippen LogP contribution >= 0.6 is 0 Å². The van der Waals surface area contributed by atoms with Crippen LogP contribution in [0.5, 0.6) is 0 Å². The summed E-state index contributed by atoms with van der Waals surface area (Å²) in [6.07, 6.45) is -0.715. The van der Waals surface area contributed by atoms with Gasteiger partial charge in [0.25, 0.3) is 0 Å². The first-order chi connectivity index (χ1) is 4.04. The van der Waals surface area contributed by atoms with Crippen molar-refractivity contribution in [3.05, 3.63) is 0 Å². The van der Waals surface area contributed by atoms with E-state index in [1.54, 1.807) is 19.0 Å². The first kappa shape index (κ1) is 8.19. The van der Waals surface area contributed by atoms with Crippen molar-refractivity contribution in [2.24, 2.45) is 22.2 Å². The maximum Gasteiger partial charge on any atom is 0.193 e. The highest BCUT2D eigenvalue weighted by Crippen LogP contribution is 1.74. The van der Waals surface area contributed by atoms with E-state index in [9.17, 15) is 0 Å². The van der Waals surface area contributed by atoms with E-state index in [1.165, 1.54) is 0 Å². The minimum Gasteiger partial charge on any atom is -0.370 e. The third-order valence-electron chi connectivity index (χ3n) is 0.740. The Morgan fingerprint density at radius 3 is 2.00 bits per heavy atom. The zero-order valence-electron chi connectivity index (χ0n) is 5.70. The van der Waals surface area contributed by atoms with Gasteiger partial charge < -0.3 is 10.6 Å². The molecule has 0 unspecified atom stereocenters. The molecule has 5 heteroatoms. The Morgan fingerprint density at radius 2 is 1.89 bits per heavy atom. The van der Waals surface area contributed by atoms with Crippen LogP contribution in [-0.2, 0) is 0 Å². The Balaban J connectivity index is 3.84. The minimum atomic E-state index is -0.715. The third kappa shape index (κ3) is 3.75. The fourth-order valence-electron chi connectivity index (χ4n) is 0.268. The first-order valence-corrected chi connectivity index (χ1v) is 2.56. The zero-order valence-corrected chi connectivity index (χ0v) is 5.70. The largest absolute Gasteiger partial charge is 0.370 e. The minimum absolute atomic E-state index is 0.338. The number of nitrogens with zero attached hydrogens (tertiary/aromatic N) is 2. The summed E-state index contributed by atoms with van der Waals surface area (Å²) in [6.45, 7) is 0. The van der Waals surface area contributed by atoms with Crippen LogP contribution < -0.4 is 17.2 Å². The molecule has 0 aliphatic heterocycles. The summed E-state index contributed by atoms with van der Waals surface area (Å²) in [6, 6.07) is 0. The van der Waals surface area contributed by atoms with Crippen LogP contribution in [0.15, 0.2) is 4.99 Å². The lowest BCUT2D eigenvalue weighted by Gasteiger charge is -2.11. The monoisotopic (exact) mass is 131 g/mol. The molecule has 0 fully saturated rings. The van der Waals surface area contributed by atoms with Gasteiger partial charge in [-0.1, -0.05) is 0 Å². The molecular weight excluding hydrogens is 118 g/mol. The molecule has 0 atom stereocenters. The van der Waals surface area contributed by atoms with Gasteiger partial charge in [0.15, 0.2) is 12.2 Å². The van der Waals surface area contributed by atoms with Crippen LogP contribution in [0.2, 0.25) is 0 Å². The maximum absolute atomic E-state index is 5.33. The first-order valence-electron chi connectivity index (χ1n) is 2.56. The lowest BCUT2D eigenvalue weighted by atomic mass is 10.8. The summed E-state index contributed by atoms with van der Waals surface area (Å²) in [5.41, 5.74) is 15.6. The molecule has 54 valence electrons. The summed E-state index contributed by atoms with van der Waals surface area (Å²) < 4.78 is 0. The molecule has 0 heterocycles. The summed E-state index contributed by atoms with van der Waals surface area (Å²) in [5.74, 6) is 0.338. The van der Waals surface area contributed by atoms with Crippen molar-refractivity contribution in [2.45, 2.75) is 6.29 Å². The van der Waals surface area contributed by atoms with Crippen molar-refractivity contribution in [2.75, 3.05) is 14.1 Å². The maximum atomic E-state index is 5.33. The van der Waals surface area contributed by atoms with Crippen molar-refractivity contribution >= 4 is 5.96 Å². The Hall–Kier alpha value is -0.810. The molecule has 0 rings (SSSR count). The van der Waals surface area contributed by atoms with Gasteiger partial charge in [0.1, 0.15) is 0 Å². The standard InChI is InChI=1S/C4H13N5/c1-9(2)4(7)8-3(5)6/h3H,5-6H2,1-2H3,(H2,7,8). The van der Waals surface area contributed by atoms with Crippen molar-refractivity contribution in [1.82, 2.24) is 4.90 Å². The van der Waals surface area contributed by atoms with E-state index in [4.69, 9.17) is 17.2 Å². The van der Waals surface area contributed by atoms with Gasteiger partial charge in [-0.25, -0.2) is 4.99 Å². The second-order valence-electron chi connectivity index (χ2n) is 1.87. The fraction of sp³-hybridized carbons (Fsp3) is 0.750. The van der Waals surface area contributed by atoms with Crippen LogP contribution in [0.4, 0.5) is 0 Å². The predicted molar refractivity (Wildman–Crippen MR) is 37.5 cm³/mol. The third-order valence-corrected chi connectivity index (χ3v) is 0.740. The van der Waals surface area contributed by atoms with Gasteiger partial charge in [0, 0.05) is 14.1 Å². The van der Waals surface area contributed by atoms with E-state index in [-0.39, 0.29) is 0 Å². The molecule has 0 aromatic heterocycles. The van der Waals surface area contributed by atoms with E-state index in [1.807, 2.05) is 0 Å². The van der Waals surface area contributed by atoms with E-state index in [0.717, 1.165) is 0 Å². The van der Waals surface area contributed by atoms with E-state index in [0.29, 0.717) is 5.96 Å². The molecule has 0 aliphatic rings. The van der Waals surface area contributed by atoms with Crippen molar-refractivity contribution < 1.29 is 0 Å². The SMILES string of the molecule is CN(C)C(N)=NC(N)N. The number of nitrogens with two attached hydrogens (primary N) is 3. The van der Waals surface area contributed by atoms with E-state index >= 15 is 0 Å². The van der Waals surface area contributed by atoms with Crippen molar-refractivity contribution in [3.8, 4) is 0 Å².